The molecule has 5 aromatic rings. The molecule has 0 radical (unpaired) electrons. The molecule has 7 heteroatoms. The summed E-state index contributed by atoms with van der Waals surface area (Å²) in [4.78, 5) is 17.1. The molecule has 1 aromatic heterocycles. The number of rotatable bonds is 7. The number of hydrogen-bond acceptors (Lipinski definition) is 5. The van der Waals surface area contributed by atoms with Crippen LogP contribution in [0.15, 0.2) is 109 Å². The van der Waals surface area contributed by atoms with Crippen LogP contribution in [0.5, 0.6) is 0 Å². The number of aromatic nitrogens is 2. The van der Waals surface area contributed by atoms with Crippen LogP contribution in [0, 0.1) is 5.92 Å². The molecule has 2 N–H and O–H groups in total. The molecule has 4 atom stereocenters. The minimum absolute atomic E-state index is 0.00339. The Kier molecular flexibility index (Phi) is 7.42. The minimum atomic E-state index is -0.600. The topological polar surface area (TPSA) is 85.6 Å². The number of benzene rings is 4. The number of hydrogen-bond donors (Lipinski definition) is 2. The number of amides is 1. The third-order valence-electron chi connectivity index (χ3n) is 7.50. The van der Waals surface area contributed by atoms with E-state index in [2.05, 4.69) is 27.9 Å². The molecule has 202 valence electrons. The Hall–Kier alpha value is -4.30. The molecule has 1 fully saturated rings. The standard InChI is InChI=1S/C33H31N3O4/c1-22-30(19-36-21-34-28-9-5-6-10-29(28)36)39-33(40-31(22)24-13-11-23(20-37)12-14-24)26-15-17-27(18-16-26)35-32(38)25-7-3-2-4-8-25/h2-18,21-22,30-31,33,37H,19-20H2,1H3,(H,35,38)/t22-,30+,31+,33+/m0/s1. The summed E-state index contributed by atoms with van der Waals surface area (Å²) in [5, 5.41) is 12.5. The van der Waals surface area contributed by atoms with E-state index in [4.69, 9.17) is 9.47 Å². The van der Waals surface area contributed by atoms with Crippen molar-refractivity contribution >= 4 is 22.6 Å². The number of aliphatic hydroxyl groups excluding tert-OH is 1. The van der Waals surface area contributed by atoms with Crippen molar-refractivity contribution in [3.63, 3.8) is 0 Å². The van der Waals surface area contributed by atoms with Gasteiger partial charge in [-0.3, -0.25) is 4.79 Å². The number of imidazole rings is 1. The Labute approximate surface area is 233 Å². The summed E-state index contributed by atoms with van der Waals surface area (Å²) in [5.74, 6) is -0.117. The van der Waals surface area contributed by atoms with E-state index in [0.717, 1.165) is 27.7 Å². The molecule has 1 amide bonds. The van der Waals surface area contributed by atoms with Crippen LogP contribution in [0.3, 0.4) is 0 Å². The van der Waals surface area contributed by atoms with E-state index in [-0.39, 0.29) is 30.6 Å². The normalized spacial score (nSPS) is 20.9. The number of anilines is 1. The minimum Gasteiger partial charge on any atom is -0.392 e. The summed E-state index contributed by atoms with van der Waals surface area (Å²) in [6.07, 6.45) is 0.887. The number of carbonyl (C=O) groups is 1. The van der Waals surface area contributed by atoms with Crippen molar-refractivity contribution in [2.75, 3.05) is 5.32 Å². The summed E-state index contributed by atoms with van der Waals surface area (Å²) in [7, 11) is 0. The Balaban J connectivity index is 1.26. The lowest BCUT2D eigenvalue weighted by molar-refractivity contribution is -0.276. The molecule has 6 rings (SSSR count). The van der Waals surface area contributed by atoms with Gasteiger partial charge in [-0.15, -0.1) is 0 Å². The van der Waals surface area contributed by atoms with Crippen molar-refractivity contribution in [1.29, 1.82) is 0 Å². The van der Waals surface area contributed by atoms with Crippen molar-refractivity contribution in [2.45, 2.75) is 38.6 Å². The molecule has 0 aliphatic carbocycles. The highest BCUT2D eigenvalue weighted by Gasteiger charge is 2.38. The Morgan fingerprint density at radius 1 is 0.875 bits per heavy atom. The second-order valence-electron chi connectivity index (χ2n) is 10.1. The van der Waals surface area contributed by atoms with Gasteiger partial charge in [-0.1, -0.05) is 73.7 Å². The lowest BCUT2D eigenvalue weighted by Crippen LogP contribution is -2.39. The Bertz CT molecular complexity index is 1580. The van der Waals surface area contributed by atoms with Gasteiger partial charge in [0.2, 0.25) is 0 Å². The molecular weight excluding hydrogens is 502 g/mol. The summed E-state index contributed by atoms with van der Waals surface area (Å²) in [5.41, 5.74) is 6.05. The molecule has 40 heavy (non-hydrogen) atoms. The quantitative estimate of drug-likeness (QED) is 0.257. The molecule has 1 saturated heterocycles. The van der Waals surface area contributed by atoms with Gasteiger partial charge in [-0.25, -0.2) is 4.98 Å². The second-order valence-corrected chi connectivity index (χ2v) is 10.1. The smallest absolute Gasteiger partial charge is 0.255 e. The number of ether oxygens (including phenoxy) is 2. The zero-order chi connectivity index (χ0) is 27.5. The van der Waals surface area contributed by atoms with Crippen LogP contribution in [0.1, 0.15) is 46.4 Å². The van der Waals surface area contributed by atoms with E-state index in [1.807, 2.05) is 91.3 Å². The van der Waals surface area contributed by atoms with E-state index in [1.165, 1.54) is 0 Å². The first-order valence-corrected chi connectivity index (χ1v) is 13.5. The lowest BCUT2D eigenvalue weighted by atomic mass is 9.90. The number of para-hydroxylation sites is 2. The predicted octanol–water partition coefficient (Wildman–Crippen LogP) is 6.27. The first-order valence-electron chi connectivity index (χ1n) is 13.5. The maximum atomic E-state index is 12.6. The van der Waals surface area contributed by atoms with Gasteiger partial charge in [0.15, 0.2) is 6.29 Å². The van der Waals surface area contributed by atoms with Gasteiger partial charge in [-0.2, -0.15) is 0 Å². The van der Waals surface area contributed by atoms with E-state index >= 15 is 0 Å². The SMILES string of the molecule is C[C@H]1[C@@H](Cn2cnc3ccccc32)O[C@@H](c2ccc(NC(=O)c3ccccc3)cc2)O[C@H]1c1ccc(CO)cc1. The highest BCUT2D eigenvalue weighted by atomic mass is 16.7. The Morgan fingerprint density at radius 3 is 2.33 bits per heavy atom. The number of nitrogens with one attached hydrogen (secondary N) is 1. The summed E-state index contributed by atoms with van der Waals surface area (Å²) in [6.45, 7) is 2.77. The lowest BCUT2D eigenvalue weighted by Gasteiger charge is -2.41. The highest BCUT2D eigenvalue weighted by molar-refractivity contribution is 6.04. The average molecular weight is 534 g/mol. The molecule has 4 aromatic carbocycles. The number of carbonyl (C=O) groups excluding carboxylic acids is 1. The maximum Gasteiger partial charge on any atom is 0.255 e. The summed E-state index contributed by atoms with van der Waals surface area (Å²) < 4.78 is 15.3. The third-order valence-corrected chi connectivity index (χ3v) is 7.50. The van der Waals surface area contributed by atoms with Crippen LogP contribution in [-0.2, 0) is 22.6 Å². The molecule has 1 aliphatic rings. The first kappa shape index (κ1) is 26.0. The molecule has 0 saturated carbocycles. The van der Waals surface area contributed by atoms with Crippen LogP contribution >= 0.6 is 0 Å². The molecule has 0 spiro atoms. The van der Waals surface area contributed by atoms with E-state index in [9.17, 15) is 9.90 Å². The fourth-order valence-corrected chi connectivity index (χ4v) is 5.19. The zero-order valence-electron chi connectivity index (χ0n) is 22.2. The zero-order valence-corrected chi connectivity index (χ0v) is 22.2. The number of nitrogens with zero attached hydrogens (tertiary/aromatic N) is 2. The van der Waals surface area contributed by atoms with Crippen LogP contribution in [0.25, 0.3) is 11.0 Å². The van der Waals surface area contributed by atoms with Crippen molar-refractivity contribution in [1.82, 2.24) is 9.55 Å². The van der Waals surface area contributed by atoms with E-state index in [0.29, 0.717) is 17.8 Å². The fraction of sp³-hybridized carbons (Fsp3) is 0.212. The molecule has 1 aliphatic heterocycles. The van der Waals surface area contributed by atoms with Crippen molar-refractivity contribution in [3.05, 3.63) is 132 Å². The molecular formula is C33H31N3O4. The van der Waals surface area contributed by atoms with E-state index in [1.54, 1.807) is 12.1 Å². The van der Waals surface area contributed by atoms with Crippen molar-refractivity contribution in [2.24, 2.45) is 5.92 Å². The van der Waals surface area contributed by atoms with Gasteiger partial charge in [0.25, 0.3) is 5.91 Å². The largest absolute Gasteiger partial charge is 0.392 e. The number of fused-ring (bicyclic) bond motifs is 1. The van der Waals surface area contributed by atoms with E-state index < -0.39 is 6.29 Å². The average Bonchev–Trinajstić information content (AvgIpc) is 3.42. The predicted molar refractivity (Wildman–Crippen MR) is 154 cm³/mol. The van der Waals surface area contributed by atoms with Gasteiger partial charge >= 0.3 is 0 Å². The maximum absolute atomic E-state index is 12.6. The van der Waals surface area contributed by atoms with Gasteiger partial charge in [-0.05, 0) is 47.5 Å². The molecule has 0 unspecified atom stereocenters. The second kappa shape index (κ2) is 11.4. The molecule has 2 heterocycles. The number of aliphatic hydroxyl groups is 1. The molecule has 7 nitrogen and oxygen atoms in total. The van der Waals surface area contributed by atoms with Gasteiger partial charge < -0.3 is 24.5 Å². The van der Waals surface area contributed by atoms with Crippen LogP contribution in [0.2, 0.25) is 0 Å². The van der Waals surface area contributed by atoms with Crippen molar-refractivity contribution in [3.8, 4) is 0 Å². The van der Waals surface area contributed by atoms with Crippen molar-refractivity contribution < 1.29 is 19.4 Å². The van der Waals surface area contributed by atoms with Gasteiger partial charge in [0, 0.05) is 22.7 Å². The van der Waals surface area contributed by atoms with Gasteiger partial charge in [0.05, 0.1) is 42.7 Å². The molecule has 0 bridgehead atoms. The van der Waals surface area contributed by atoms with Gasteiger partial charge in [0.1, 0.15) is 0 Å². The summed E-state index contributed by atoms with van der Waals surface area (Å²) in [6, 6.07) is 32.7. The van der Waals surface area contributed by atoms with Crippen LogP contribution in [-0.4, -0.2) is 26.7 Å². The summed E-state index contributed by atoms with van der Waals surface area (Å²) >= 11 is 0. The first-order chi connectivity index (χ1) is 19.6. The fourth-order valence-electron chi connectivity index (χ4n) is 5.19. The Morgan fingerprint density at radius 2 is 1.57 bits per heavy atom. The highest BCUT2D eigenvalue weighted by Crippen LogP contribution is 2.42. The third kappa shape index (κ3) is 5.40. The van der Waals surface area contributed by atoms with Crippen LogP contribution < -0.4 is 5.32 Å². The van der Waals surface area contributed by atoms with Crippen LogP contribution in [0.4, 0.5) is 5.69 Å². The monoisotopic (exact) mass is 533 g/mol.